The average Bonchev–Trinajstić information content (AvgIpc) is 3.85. The van der Waals surface area contributed by atoms with Gasteiger partial charge in [-0.2, -0.15) is 0 Å². The van der Waals surface area contributed by atoms with Crippen LogP contribution in [0, 0.1) is 5.92 Å². The number of allylic oxidation sites excluding steroid dienone is 7. The van der Waals surface area contributed by atoms with Crippen LogP contribution in [0.3, 0.4) is 0 Å². The predicted molar refractivity (Wildman–Crippen MR) is 217 cm³/mol. The molecule has 0 amide bonds. The van der Waals surface area contributed by atoms with Gasteiger partial charge in [0.05, 0.1) is 12.1 Å². The Bertz CT molecular complexity index is 2580. The summed E-state index contributed by atoms with van der Waals surface area (Å²) in [5, 5.41) is 2.73. The first-order valence-corrected chi connectivity index (χ1v) is 19.0. The molecule has 4 atom stereocenters. The van der Waals surface area contributed by atoms with Gasteiger partial charge in [0.15, 0.2) is 0 Å². The molecule has 2 nitrogen and oxygen atoms in total. The maximum atomic E-state index is 2.65. The van der Waals surface area contributed by atoms with Crippen LogP contribution >= 0.6 is 11.3 Å². The van der Waals surface area contributed by atoms with E-state index in [0.29, 0.717) is 11.8 Å². The summed E-state index contributed by atoms with van der Waals surface area (Å²) in [4.78, 5) is 5.19. The fraction of sp³-hybridized carbons (Fsp3) is 0.125. The number of hydrogen-bond acceptors (Lipinski definition) is 3. The van der Waals surface area contributed by atoms with Crippen molar-refractivity contribution in [2.24, 2.45) is 5.92 Å². The first-order chi connectivity index (χ1) is 25.3. The van der Waals surface area contributed by atoms with E-state index in [1.807, 2.05) is 11.3 Å². The Morgan fingerprint density at radius 1 is 0.569 bits per heavy atom. The van der Waals surface area contributed by atoms with E-state index in [0.717, 1.165) is 12.8 Å². The SMILES string of the molecule is C1=CC2c3cc(C4=CC5C6=C(CCC=C6)N(c6ccc7sc8ccccc8c7c6)C5C=C4)ccc3N(c3cccc(-c4ccccc4)c3)C2C=C1. The molecule has 3 heterocycles. The number of rotatable bonds is 4. The number of anilines is 3. The monoisotopic (exact) mass is 672 g/mol. The highest BCUT2D eigenvalue weighted by atomic mass is 32.1. The van der Waals surface area contributed by atoms with Gasteiger partial charge in [0, 0.05) is 54.8 Å². The van der Waals surface area contributed by atoms with Crippen molar-refractivity contribution in [3.05, 3.63) is 192 Å². The number of benzene rings is 5. The van der Waals surface area contributed by atoms with Crippen molar-refractivity contribution < 1.29 is 0 Å². The third-order valence-corrected chi connectivity index (χ3v) is 12.7. The van der Waals surface area contributed by atoms with E-state index in [2.05, 4.69) is 180 Å². The molecule has 0 bridgehead atoms. The van der Waals surface area contributed by atoms with Gasteiger partial charge >= 0.3 is 0 Å². The van der Waals surface area contributed by atoms with Gasteiger partial charge in [-0.25, -0.2) is 0 Å². The standard InChI is InChI=1S/C48H36N2S/c1-2-11-31(12-3-1)32-13-10-14-35(27-32)49-43-18-7-4-15-37(43)40-28-33(21-24-45(40)49)34-22-25-46-41(29-34)38-16-5-8-19-44(38)50(46)36-23-26-48-42(30-36)39-17-6-9-20-47(39)51-48/h1-7,9-18,20-30,37,41,43,46H,8,19H2. The van der Waals surface area contributed by atoms with Crippen LogP contribution in [0.25, 0.3) is 36.9 Å². The molecule has 2 aliphatic heterocycles. The molecular weight excluding hydrogens is 637 g/mol. The molecule has 5 aliphatic rings. The molecule has 51 heavy (non-hydrogen) atoms. The van der Waals surface area contributed by atoms with Crippen molar-refractivity contribution in [1.29, 1.82) is 0 Å². The molecule has 0 fully saturated rings. The summed E-state index contributed by atoms with van der Waals surface area (Å²) in [6, 6.07) is 43.4. The van der Waals surface area contributed by atoms with E-state index in [-0.39, 0.29) is 12.1 Å². The van der Waals surface area contributed by atoms with E-state index in [1.165, 1.54) is 76.3 Å². The molecule has 4 unspecified atom stereocenters. The van der Waals surface area contributed by atoms with Crippen molar-refractivity contribution in [2.45, 2.75) is 30.8 Å². The highest BCUT2D eigenvalue weighted by Gasteiger charge is 2.41. The zero-order chi connectivity index (χ0) is 33.5. The number of thiophene rings is 1. The molecule has 11 rings (SSSR count). The largest absolute Gasteiger partial charge is 0.337 e. The Balaban J connectivity index is 0.961. The molecule has 244 valence electrons. The van der Waals surface area contributed by atoms with Gasteiger partial charge < -0.3 is 9.80 Å². The van der Waals surface area contributed by atoms with Crippen molar-refractivity contribution >= 4 is 54.1 Å². The van der Waals surface area contributed by atoms with Crippen molar-refractivity contribution in [3.63, 3.8) is 0 Å². The van der Waals surface area contributed by atoms with Crippen LogP contribution in [-0.4, -0.2) is 12.1 Å². The summed E-state index contributed by atoms with van der Waals surface area (Å²) in [6.45, 7) is 0. The summed E-state index contributed by atoms with van der Waals surface area (Å²) >= 11 is 1.89. The van der Waals surface area contributed by atoms with Crippen LogP contribution in [0.4, 0.5) is 17.1 Å². The molecule has 0 N–H and O–H groups in total. The van der Waals surface area contributed by atoms with E-state index in [1.54, 1.807) is 0 Å². The molecular formula is C48H36N2S. The molecule has 0 radical (unpaired) electrons. The van der Waals surface area contributed by atoms with Crippen molar-refractivity contribution in [2.75, 3.05) is 9.80 Å². The zero-order valence-corrected chi connectivity index (χ0v) is 29.0. The highest BCUT2D eigenvalue weighted by molar-refractivity contribution is 7.25. The summed E-state index contributed by atoms with van der Waals surface area (Å²) < 4.78 is 2.72. The lowest BCUT2D eigenvalue weighted by Gasteiger charge is -2.32. The van der Waals surface area contributed by atoms with Crippen LogP contribution < -0.4 is 9.80 Å². The summed E-state index contributed by atoms with van der Waals surface area (Å²) in [6.07, 6.45) is 23.6. The minimum Gasteiger partial charge on any atom is -0.337 e. The third-order valence-electron chi connectivity index (χ3n) is 11.6. The van der Waals surface area contributed by atoms with Gasteiger partial charge in [-0.1, -0.05) is 121 Å². The van der Waals surface area contributed by atoms with Crippen LogP contribution in [0.5, 0.6) is 0 Å². The normalized spacial score (nSPS) is 22.8. The van der Waals surface area contributed by atoms with Crippen LogP contribution in [0.2, 0.25) is 0 Å². The Hall–Kier alpha value is -5.64. The molecule has 0 saturated heterocycles. The van der Waals surface area contributed by atoms with E-state index < -0.39 is 0 Å². The highest BCUT2D eigenvalue weighted by Crippen LogP contribution is 2.51. The Kier molecular flexibility index (Phi) is 6.54. The van der Waals surface area contributed by atoms with E-state index in [4.69, 9.17) is 0 Å². The van der Waals surface area contributed by atoms with Crippen LogP contribution in [-0.2, 0) is 0 Å². The predicted octanol–water partition coefficient (Wildman–Crippen LogP) is 12.5. The first-order valence-electron chi connectivity index (χ1n) is 18.2. The van der Waals surface area contributed by atoms with Gasteiger partial charge in [-0.05, 0) is 94.8 Å². The maximum Gasteiger partial charge on any atom is 0.0629 e. The van der Waals surface area contributed by atoms with Gasteiger partial charge in [-0.3, -0.25) is 0 Å². The number of fused-ring (bicyclic) bond motifs is 8. The van der Waals surface area contributed by atoms with Gasteiger partial charge in [0.2, 0.25) is 0 Å². The number of nitrogens with zero attached hydrogens (tertiary/aromatic N) is 2. The van der Waals surface area contributed by atoms with Crippen LogP contribution in [0.15, 0.2) is 181 Å². The Morgan fingerprint density at radius 3 is 2.35 bits per heavy atom. The smallest absolute Gasteiger partial charge is 0.0629 e. The second kappa shape index (κ2) is 11.4. The minimum atomic E-state index is 0.257. The molecule has 3 aliphatic carbocycles. The van der Waals surface area contributed by atoms with Gasteiger partial charge in [-0.15, -0.1) is 11.3 Å². The number of hydrogen-bond donors (Lipinski definition) is 0. The third kappa shape index (κ3) is 4.54. The molecule has 0 spiro atoms. The second-order valence-electron chi connectivity index (χ2n) is 14.3. The lowest BCUT2D eigenvalue weighted by Crippen LogP contribution is -2.33. The molecule has 3 heteroatoms. The second-order valence-corrected chi connectivity index (χ2v) is 15.4. The first kappa shape index (κ1) is 29.1. The Morgan fingerprint density at radius 2 is 1.39 bits per heavy atom. The molecule has 1 aromatic heterocycles. The van der Waals surface area contributed by atoms with Crippen molar-refractivity contribution in [3.8, 4) is 11.1 Å². The van der Waals surface area contributed by atoms with Gasteiger partial charge in [0.1, 0.15) is 0 Å². The van der Waals surface area contributed by atoms with Gasteiger partial charge in [0.25, 0.3) is 0 Å². The molecule has 0 saturated carbocycles. The lowest BCUT2D eigenvalue weighted by molar-refractivity contribution is 0.684. The fourth-order valence-corrected chi connectivity index (χ4v) is 10.4. The fourth-order valence-electron chi connectivity index (χ4n) is 9.28. The van der Waals surface area contributed by atoms with Crippen molar-refractivity contribution in [1.82, 2.24) is 0 Å². The zero-order valence-electron chi connectivity index (χ0n) is 28.2. The summed E-state index contributed by atoms with van der Waals surface area (Å²) in [5.74, 6) is 0.633. The Labute approximate surface area is 303 Å². The quantitative estimate of drug-likeness (QED) is 0.184. The van der Waals surface area contributed by atoms with E-state index >= 15 is 0 Å². The average molecular weight is 673 g/mol. The lowest BCUT2D eigenvalue weighted by atomic mass is 9.83. The van der Waals surface area contributed by atoms with Crippen LogP contribution in [0.1, 0.15) is 29.9 Å². The topological polar surface area (TPSA) is 6.48 Å². The van der Waals surface area contributed by atoms with E-state index in [9.17, 15) is 0 Å². The summed E-state index contributed by atoms with van der Waals surface area (Å²) in [7, 11) is 0. The summed E-state index contributed by atoms with van der Waals surface area (Å²) in [5.41, 5.74) is 13.3. The molecule has 5 aromatic carbocycles. The maximum absolute atomic E-state index is 2.65. The molecule has 6 aromatic rings. The minimum absolute atomic E-state index is 0.257.